The zero-order chi connectivity index (χ0) is 18.5. The quantitative estimate of drug-likeness (QED) is 0.643. The van der Waals surface area contributed by atoms with Crippen LogP contribution >= 0.6 is 0 Å². The van der Waals surface area contributed by atoms with Gasteiger partial charge in [-0.2, -0.15) is 5.10 Å². The average molecular weight is 358 g/mol. The van der Waals surface area contributed by atoms with Crippen LogP contribution < -0.4 is 10.6 Å². The molecule has 1 aliphatic heterocycles. The Balaban J connectivity index is 1.51. The molecule has 1 atom stereocenters. The van der Waals surface area contributed by atoms with E-state index in [-0.39, 0.29) is 18.3 Å². The minimum absolute atomic E-state index is 0.0667. The Morgan fingerprint density at radius 2 is 2.31 bits per heavy atom. The third-order valence-corrected chi connectivity index (χ3v) is 4.41. The third-order valence-electron chi connectivity index (χ3n) is 4.41. The first-order chi connectivity index (χ1) is 12.5. The smallest absolute Gasteiger partial charge is 0.243 e. The molecule has 1 saturated heterocycles. The van der Waals surface area contributed by atoms with E-state index < -0.39 is 0 Å². The Morgan fingerprint density at radius 3 is 3.00 bits per heavy atom. The van der Waals surface area contributed by atoms with E-state index in [1.807, 2.05) is 24.1 Å². The van der Waals surface area contributed by atoms with E-state index in [1.54, 1.807) is 19.2 Å². The van der Waals surface area contributed by atoms with Gasteiger partial charge >= 0.3 is 0 Å². The molecule has 7 nitrogen and oxygen atoms in total. The monoisotopic (exact) mass is 358 g/mol. The number of nitrogens with one attached hydrogen (secondary N) is 2. The number of carbonyl (C=O) groups is 1. The molecule has 2 N–H and O–H groups in total. The fourth-order valence-electron chi connectivity index (χ4n) is 3.14. The number of rotatable bonds is 4. The first kappa shape index (κ1) is 17.9. The van der Waals surface area contributed by atoms with Crippen molar-refractivity contribution in [2.75, 3.05) is 32.0 Å². The summed E-state index contributed by atoms with van der Waals surface area (Å²) in [7, 11) is 3.61. The SMILES string of the molecule is CN=C(NCC(=O)Nc1cccc(F)c1)N1CCC(c2cnn(C)c2)C1. The molecule has 0 bridgehead atoms. The first-order valence-electron chi connectivity index (χ1n) is 8.54. The van der Waals surface area contributed by atoms with Crippen LogP contribution in [0.15, 0.2) is 41.7 Å². The van der Waals surface area contributed by atoms with E-state index in [4.69, 9.17) is 0 Å². The molecule has 3 rings (SSSR count). The molecule has 0 radical (unpaired) electrons. The van der Waals surface area contributed by atoms with Crippen LogP contribution in [0, 0.1) is 5.82 Å². The first-order valence-corrected chi connectivity index (χ1v) is 8.54. The summed E-state index contributed by atoms with van der Waals surface area (Å²) in [6, 6.07) is 5.82. The van der Waals surface area contributed by atoms with Gasteiger partial charge in [-0.25, -0.2) is 4.39 Å². The van der Waals surface area contributed by atoms with Crippen molar-refractivity contribution in [2.45, 2.75) is 12.3 Å². The van der Waals surface area contributed by atoms with E-state index in [1.165, 1.54) is 17.7 Å². The number of halogens is 1. The number of hydrogen-bond acceptors (Lipinski definition) is 3. The number of aliphatic imine (C=N–C) groups is 1. The fourth-order valence-corrected chi connectivity index (χ4v) is 3.14. The number of amides is 1. The molecule has 1 aromatic heterocycles. The van der Waals surface area contributed by atoms with Crippen LogP contribution in [-0.2, 0) is 11.8 Å². The molecule has 0 aliphatic carbocycles. The van der Waals surface area contributed by atoms with Crippen LogP contribution in [0.25, 0.3) is 0 Å². The lowest BCUT2D eigenvalue weighted by Crippen LogP contribution is -2.43. The van der Waals surface area contributed by atoms with Crippen molar-refractivity contribution in [1.82, 2.24) is 20.0 Å². The van der Waals surface area contributed by atoms with E-state index >= 15 is 0 Å². The largest absolute Gasteiger partial charge is 0.347 e. The standard InChI is InChI=1S/C18H23FN6O/c1-20-18(21-10-17(26)23-16-5-3-4-15(19)8-16)25-7-6-13(12-25)14-9-22-24(2)11-14/h3-5,8-9,11,13H,6-7,10,12H2,1-2H3,(H,20,21)(H,23,26). The highest BCUT2D eigenvalue weighted by molar-refractivity contribution is 5.95. The van der Waals surface area contributed by atoms with Crippen molar-refractivity contribution in [1.29, 1.82) is 0 Å². The highest BCUT2D eigenvalue weighted by atomic mass is 19.1. The number of likely N-dealkylation sites (tertiary alicyclic amines) is 1. The van der Waals surface area contributed by atoms with Crippen molar-refractivity contribution in [3.05, 3.63) is 48.0 Å². The summed E-state index contributed by atoms with van der Waals surface area (Å²) in [6.07, 6.45) is 4.95. The van der Waals surface area contributed by atoms with Gasteiger partial charge in [0.15, 0.2) is 5.96 Å². The molecular weight excluding hydrogens is 335 g/mol. The Kier molecular flexibility index (Phi) is 5.50. The minimum Gasteiger partial charge on any atom is -0.347 e. The Hall–Kier alpha value is -2.90. The average Bonchev–Trinajstić information content (AvgIpc) is 3.24. The molecule has 2 aromatic rings. The fraction of sp³-hybridized carbons (Fsp3) is 0.389. The molecular formula is C18H23FN6O. The van der Waals surface area contributed by atoms with Crippen molar-refractivity contribution in [3.8, 4) is 0 Å². The summed E-state index contributed by atoms with van der Waals surface area (Å²) in [4.78, 5) is 18.5. The predicted octanol–water partition coefficient (Wildman–Crippen LogP) is 1.56. The van der Waals surface area contributed by atoms with Crippen molar-refractivity contribution in [3.63, 3.8) is 0 Å². The number of aryl methyl sites for hydroxylation is 1. The summed E-state index contributed by atoms with van der Waals surface area (Å²) in [5.41, 5.74) is 1.65. The predicted molar refractivity (Wildman–Crippen MR) is 98.5 cm³/mol. The minimum atomic E-state index is -0.384. The van der Waals surface area contributed by atoms with Crippen LogP contribution in [0.4, 0.5) is 10.1 Å². The van der Waals surface area contributed by atoms with Gasteiger partial charge in [0, 0.05) is 45.0 Å². The molecule has 1 unspecified atom stereocenters. The van der Waals surface area contributed by atoms with E-state index in [2.05, 4.69) is 25.6 Å². The molecule has 1 aromatic carbocycles. The number of anilines is 1. The molecule has 2 heterocycles. The van der Waals surface area contributed by atoms with Gasteiger partial charge in [-0.1, -0.05) is 6.07 Å². The number of nitrogens with zero attached hydrogens (tertiary/aromatic N) is 4. The highest BCUT2D eigenvalue weighted by Gasteiger charge is 2.27. The number of benzene rings is 1. The summed E-state index contributed by atoms with van der Waals surface area (Å²) >= 11 is 0. The normalized spacial score (nSPS) is 17.4. The molecule has 1 fully saturated rings. The number of carbonyl (C=O) groups excluding carboxylic acids is 1. The second kappa shape index (κ2) is 7.99. The molecule has 26 heavy (non-hydrogen) atoms. The van der Waals surface area contributed by atoms with Crippen molar-refractivity contribution < 1.29 is 9.18 Å². The number of hydrogen-bond donors (Lipinski definition) is 2. The van der Waals surface area contributed by atoms with E-state index in [9.17, 15) is 9.18 Å². The molecule has 1 amide bonds. The van der Waals surface area contributed by atoms with Crippen molar-refractivity contribution >= 4 is 17.6 Å². The lowest BCUT2D eigenvalue weighted by molar-refractivity contribution is -0.115. The molecule has 8 heteroatoms. The number of guanidine groups is 1. The highest BCUT2D eigenvalue weighted by Crippen LogP contribution is 2.26. The Labute approximate surface area is 151 Å². The van der Waals surface area contributed by atoms with Crippen LogP contribution in [0.1, 0.15) is 17.9 Å². The van der Waals surface area contributed by atoms with Gasteiger partial charge in [-0.15, -0.1) is 0 Å². The lowest BCUT2D eigenvalue weighted by Gasteiger charge is -2.21. The Bertz CT molecular complexity index is 802. The van der Waals surface area contributed by atoms with Crippen LogP contribution in [-0.4, -0.2) is 53.2 Å². The van der Waals surface area contributed by atoms with E-state index in [0.717, 1.165) is 19.5 Å². The van der Waals surface area contributed by atoms with E-state index in [0.29, 0.717) is 17.6 Å². The molecule has 1 aliphatic rings. The maximum Gasteiger partial charge on any atom is 0.243 e. The zero-order valence-electron chi connectivity index (χ0n) is 14.9. The molecule has 138 valence electrons. The van der Waals surface area contributed by atoms with Crippen molar-refractivity contribution in [2.24, 2.45) is 12.0 Å². The summed E-state index contributed by atoms with van der Waals surface area (Å²) < 4.78 is 15.0. The maximum absolute atomic E-state index is 13.2. The van der Waals surface area contributed by atoms with Gasteiger partial charge in [0.1, 0.15) is 5.82 Å². The Morgan fingerprint density at radius 1 is 1.46 bits per heavy atom. The number of aromatic nitrogens is 2. The molecule has 0 saturated carbocycles. The van der Waals surface area contributed by atoms with Gasteiger partial charge in [0.05, 0.1) is 12.7 Å². The van der Waals surface area contributed by atoms with Gasteiger partial charge in [-0.05, 0) is 30.2 Å². The maximum atomic E-state index is 13.2. The summed E-state index contributed by atoms with van der Waals surface area (Å²) in [5, 5.41) is 9.97. The lowest BCUT2D eigenvalue weighted by atomic mass is 10.0. The summed E-state index contributed by atoms with van der Waals surface area (Å²) in [5.74, 6) is 0.457. The second-order valence-corrected chi connectivity index (χ2v) is 6.34. The van der Waals surface area contributed by atoms with Crippen LogP contribution in [0.5, 0.6) is 0 Å². The third kappa shape index (κ3) is 4.38. The second-order valence-electron chi connectivity index (χ2n) is 6.34. The molecule has 0 spiro atoms. The zero-order valence-corrected chi connectivity index (χ0v) is 14.9. The van der Waals surface area contributed by atoms with Crippen LogP contribution in [0.3, 0.4) is 0 Å². The van der Waals surface area contributed by atoms with Gasteiger partial charge < -0.3 is 15.5 Å². The summed E-state index contributed by atoms with van der Waals surface area (Å²) in [6.45, 7) is 1.76. The van der Waals surface area contributed by atoms with Gasteiger partial charge in [0.2, 0.25) is 5.91 Å². The van der Waals surface area contributed by atoms with Gasteiger partial charge in [-0.3, -0.25) is 14.5 Å². The topological polar surface area (TPSA) is 74.6 Å². The van der Waals surface area contributed by atoms with Crippen LogP contribution in [0.2, 0.25) is 0 Å². The van der Waals surface area contributed by atoms with Gasteiger partial charge in [0.25, 0.3) is 0 Å².